The van der Waals surface area contributed by atoms with Gasteiger partial charge in [-0.2, -0.15) is 0 Å². The molecule has 0 atom stereocenters. The monoisotopic (exact) mass is 265 g/mol. The Labute approximate surface area is 114 Å². The number of hydrogen-bond acceptors (Lipinski definition) is 4. The molecule has 0 aliphatic carbocycles. The van der Waals surface area contributed by atoms with Gasteiger partial charge in [-0.15, -0.1) is 4.91 Å². The van der Waals surface area contributed by atoms with Crippen molar-refractivity contribution in [3.05, 3.63) is 47.4 Å². The third kappa shape index (κ3) is 1.93. The normalized spacial score (nSPS) is 10.6. The molecule has 4 N–H and O–H groups in total. The van der Waals surface area contributed by atoms with E-state index in [1.807, 2.05) is 30.3 Å². The van der Waals surface area contributed by atoms with Crippen molar-refractivity contribution in [1.82, 2.24) is 4.98 Å². The molecular weight excluding hydrogens is 254 g/mol. The van der Waals surface area contributed by atoms with Gasteiger partial charge in [-0.3, -0.25) is 0 Å². The van der Waals surface area contributed by atoms with E-state index in [1.54, 1.807) is 12.1 Å². The lowest BCUT2D eigenvalue weighted by atomic mass is 10.1. The highest BCUT2D eigenvalue weighted by atomic mass is 16.3. The lowest BCUT2D eigenvalue weighted by Gasteiger charge is -2.06. The molecule has 0 fully saturated rings. The van der Waals surface area contributed by atoms with Crippen molar-refractivity contribution in [2.24, 2.45) is 21.6 Å². The van der Waals surface area contributed by atoms with Crippen molar-refractivity contribution >= 4 is 39.1 Å². The molecule has 0 radical (unpaired) electrons. The molecule has 6 nitrogen and oxygen atoms in total. The van der Waals surface area contributed by atoms with Gasteiger partial charge >= 0.3 is 0 Å². The first-order valence-corrected chi connectivity index (χ1v) is 5.94. The number of aliphatic imine (C=N–C) groups is 1. The Balaban J connectivity index is 2.45. The summed E-state index contributed by atoms with van der Waals surface area (Å²) in [5.41, 5.74) is 12.9. The van der Waals surface area contributed by atoms with Crippen molar-refractivity contribution in [3.8, 4) is 0 Å². The first kappa shape index (κ1) is 12.0. The van der Waals surface area contributed by atoms with Crippen LogP contribution in [0, 0.1) is 4.91 Å². The predicted molar refractivity (Wildman–Crippen MR) is 80.2 cm³/mol. The second-order valence-electron chi connectivity index (χ2n) is 4.31. The zero-order chi connectivity index (χ0) is 14.1. The molecule has 0 spiro atoms. The summed E-state index contributed by atoms with van der Waals surface area (Å²) in [5.74, 6) is -0.129. The molecule has 1 heterocycles. The molecule has 20 heavy (non-hydrogen) atoms. The van der Waals surface area contributed by atoms with Gasteiger partial charge in [0.25, 0.3) is 0 Å². The molecule has 1 aromatic heterocycles. The Bertz CT molecular complexity index is 853. The van der Waals surface area contributed by atoms with Crippen molar-refractivity contribution in [2.75, 3.05) is 0 Å². The van der Waals surface area contributed by atoms with Crippen LogP contribution < -0.4 is 11.5 Å². The van der Waals surface area contributed by atoms with Crippen LogP contribution in [0.2, 0.25) is 0 Å². The Kier molecular flexibility index (Phi) is 2.76. The van der Waals surface area contributed by atoms with E-state index in [9.17, 15) is 4.91 Å². The summed E-state index contributed by atoms with van der Waals surface area (Å²) < 4.78 is 0. The van der Waals surface area contributed by atoms with Gasteiger partial charge in [-0.05, 0) is 29.4 Å². The molecule has 3 rings (SSSR count). The largest absolute Gasteiger partial charge is 0.370 e. The number of fused-ring (bicyclic) bond motifs is 2. The number of nitrogens with two attached hydrogens (primary N) is 2. The van der Waals surface area contributed by atoms with E-state index in [2.05, 4.69) is 15.2 Å². The number of nitrogens with zero attached hydrogens (tertiary/aromatic N) is 3. The lowest BCUT2D eigenvalue weighted by Crippen LogP contribution is -2.21. The summed E-state index contributed by atoms with van der Waals surface area (Å²) in [5, 5.41) is 4.59. The van der Waals surface area contributed by atoms with Crippen molar-refractivity contribution in [3.63, 3.8) is 0 Å². The fourth-order valence-corrected chi connectivity index (χ4v) is 2.14. The fraction of sp³-hybridized carbons (Fsp3) is 0. The third-order valence-electron chi connectivity index (χ3n) is 2.99. The number of para-hydroxylation sites is 1. The molecule has 0 unspecified atom stereocenters. The maximum atomic E-state index is 10.9. The molecule has 0 amide bonds. The summed E-state index contributed by atoms with van der Waals surface area (Å²) in [6.45, 7) is 0. The number of rotatable bonds is 2. The molecule has 0 aliphatic heterocycles. The minimum absolute atomic E-state index is 0.129. The van der Waals surface area contributed by atoms with Crippen LogP contribution in [0.3, 0.4) is 0 Å². The second kappa shape index (κ2) is 4.58. The lowest BCUT2D eigenvalue weighted by molar-refractivity contribution is 1.39. The Morgan fingerprint density at radius 2 is 1.85 bits per heavy atom. The second-order valence-corrected chi connectivity index (χ2v) is 4.31. The highest BCUT2D eigenvalue weighted by Crippen LogP contribution is 2.36. The van der Waals surface area contributed by atoms with Gasteiger partial charge in [0.1, 0.15) is 11.4 Å². The van der Waals surface area contributed by atoms with Crippen LogP contribution >= 0.6 is 0 Å². The van der Waals surface area contributed by atoms with Crippen LogP contribution in [0.1, 0.15) is 0 Å². The van der Waals surface area contributed by atoms with Crippen LogP contribution in [-0.2, 0) is 0 Å². The van der Waals surface area contributed by atoms with E-state index in [0.717, 1.165) is 10.9 Å². The van der Waals surface area contributed by atoms with E-state index >= 15 is 0 Å². The highest BCUT2D eigenvalue weighted by molar-refractivity contribution is 6.03. The standard InChI is InChI=1S/C14H11N5O/c15-14(16)18-13-9-7-8-3-1-2-4-10(8)17-11(9)5-6-12(13)19-20/h1-7H,(H4,15,16,18). The molecule has 0 aliphatic rings. The van der Waals surface area contributed by atoms with Crippen LogP contribution in [0.25, 0.3) is 21.8 Å². The maximum Gasteiger partial charge on any atom is 0.191 e. The number of guanidine groups is 1. The van der Waals surface area contributed by atoms with Crippen molar-refractivity contribution in [1.29, 1.82) is 0 Å². The third-order valence-corrected chi connectivity index (χ3v) is 2.99. The van der Waals surface area contributed by atoms with Gasteiger partial charge in [0.05, 0.1) is 11.0 Å². The van der Waals surface area contributed by atoms with Gasteiger partial charge in [-0.1, -0.05) is 18.2 Å². The number of hydrogen-bond donors (Lipinski definition) is 2. The summed E-state index contributed by atoms with van der Waals surface area (Å²) >= 11 is 0. The number of pyridine rings is 1. The Hall–Kier alpha value is -3.02. The number of benzene rings is 2. The minimum atomic E-state index is -0.129. The SMILES string of the molecule is NC(N)=Nc1c(N=O)ccc2nc3ccccc3cc12. The van der Waals surface area contributed by atoms with E-state index < -0.39 is 0 Å². The predicted octanol–water partition coefficient (Wildman–Crippen LogP) is 2.69. The maximum absolute atomic E-state index is 10.9. The molecule has 3 aromatic rings. The van der Waals surface area contributed by atoms with E-state index in [-0.39, 0.29) is 11.6 Å². The van der Waals surface area contributed by atoms with Crippen molar-refractivity contribution in [2.45, 2.75) is 0 Å². The quantitative estimate of drug-likeness (QED) is 0.321. The van der Waals surface area contributed by atoms with Crippen LogP contribution in [0.4, 0.5) is 11.4 Å². The Morgan fingerprint density at radius 3 is 2.60 bits per heavy atom. The summed E-state index contributed by atoms with van der Waals surface area (Å²) in [4.78, 5) is 19.4. The van der Waals surface area contributed by atoms with Crippen LogP contribution in [0.15, 0.2) is 52.6 Å². The summed E-state index contributed by atoms with van der Waals surface area (Å²) in [6.07, 6.45) is 0. The van der Waals surface area contributed by atoms with Gasteiger partial charge in [-0.25, -0.2) is 9.98 Å². The number of nitroso groups, excluding NO2 is 1. The minimum Gasteiger partial charge on any atom is -0.370 e. The zero-order valence-corrected chi connectivity index (χ0v) is 10.4. The molecule has 0 bridgehead atoms. The molecular formula is C14H11N5O. The van der Waals surface area contributed by atoms with Gasteiger partial charge in [0, 0.05) is 10.8 Å². The number of aromatic nitrogens is 1. The van der Waals surface area contributed by atoms with E-state index in [0.29, 0.717) is 16.6 Å². The van der Waals surface area contributed by atoms with Crippen molar-refractivity contribution < 1.29 is 0 Å². The summed E-state index contributed by atoms with van der Waals surface area (Å²) in [6, 6.07) is 12.9. The average molecular weight is 265 g/mol. The summed E-state index contributed by atoms with van der Waals surface area (Å²) in [7, 11) is 0. The molecule has 0 saturated heterocycles. The van der Waals surface area contributed by atoms with E-state index in [1.165, 1.54) is 0 Å². The van der Waals surface area contributed by atoms with Gasteiger partial charge in [0.2, 0.25) is 0 Å². The topological polar surface area (TPSA) is 107 Å². The molecule has 98 valence electrons. The average Bonchev–Trinajstić information content (AvgIpc) is 2.45. The van der Waals surface area contributed by atoms with E-state index in [4.69, 9.17) is 11.5 Å². The van der Waals surface area contributed by atoms with Crippen LogP contribution in [-0.4, -0.2) is 10.9 Å². The first-order chi connectivity index (χ1) is 9.69. The molecule has 6 heteroatoms. The zero-order valence-electron chi connectivity index (χ0n) is 10.4. The van der Waals surface area contributed by atoms with Crippen LogP contribution in [0.5, 0.6) is 0 Å². The smallest absolute Gasteiger partial charge is 0.191 e. The Morgan fingerprint density at radius 1 is 1.05 bits per heavy atom. The van der Waals surface area contributed by atoms with Gasteiger partial charge < -0.3 is 11.5 Å². The molecule has 0 saturated carbocycles. The fourth-order valence-electron chi connectivity index (χ4n) is 2.14. The first-order valence-electron chi connectivity index (χ1n) is 5.94. The molecule has 2 aromatic carbocycles. The van der Waals surface area contributed by atoms with Gasteiger partial charge in [0.15, 0.2) is 5.96 Å². The highest BCUT2D eigenvalue weighted by Gasteiger charge is 2.10.